The van der Waals surface area contributed by atoms with Crippen LogP contribution in [0, 0.1) is 34.5 Å². The van der Waals surface area contributed by atoms with Gasteiger partial charge in [0.1, 0.15) is 17.4 Å². The number of Topliss-reactive ketones (excluding diaryl/α,β-unsaturated/α-hetero) is 2. The predicted molar refractivity (Wildman–Crippen MR) is 142 cm³/mol. The van der Waals surface area contributed by atoms with Gasteiger partial charge in [0.15, 0.2) is 12.4 Å². The highest BCUT2D eigenvalue weighted by Gasteiger charge is 2.68. The number of aliphatic hydroxyl groups is 1. The third-order valence-electron chi connectivity index (χ3n) is 10.4. The molecule has 40 heavy (non-hydrogen) atoms. The molecular formula is C30H41NO9. The molecule has 0 saturated heterocycles. The molecule has 10 heteroatoms. The number of hydrogen-bond acceptors (Lipinski definition) is 8. The Hall–Kier alpha value is -2.88. The molecule has 0 aromatic carbocycles. The molecule has 0 aromatic rings. The number of rotatable bonds is 9. The average molecular weight is 560 g/mol. The first-order chi connectivity index (χ1) is 18.6. The normalized spacial score (nSPS) is 35.6. The van der Waals surface area contributed by atoms with E-state index in [1.54, 1.807) is 26.8 Å². The predicted octanol–water partition coefficient (Wildman–Crippen LogP) is 2.55. The van der Waals surface area contributed by atoms with Crippen molar-refractivity contribution >= 4 is 35.2 Å². The Morgan fingerprint density at radius 3 is 2.42 bits per heavy atom. The Morgan fingerprint density at radius 2 is 1.77 bits per heavy atom. The number of ketones is 3. The van der Waals surface area contributed by atoms with Crippen molar-refractivity contribution in [3.63, 3.8) is 0 Å². The van der Waals surface area contributed by atoms with Gasteiger partial charge < -0.3 is 20.3 Å². The van der Waals surface area contributed by atoms with Crippen LogP contribution < -0.4 is 5.32 Å². The first kappa shape index (κ1) is 30.1. The van der Waals surface area contributed by atoms with E-state index in [2.05, 4.69) is 12.2 Å². The quantitative estimate of drug-likeness (QED) is 0.360. The van der Waals surface area contributed by atoms with Gasteiger partial charge in [0.25, 0.3) is 0 Å². The topological polar surface area (TPSA) is 164 Å². The molecule has 10 nitrogen and oxygen atoms in total. The summed E-state index contributed by atoms with van der Waals surface area (Å²) < 4.78 is 5.12. The van der Waals surface area contributed by atoms with Crippen LogP contribution in [0.2, 0.25) is 0 Å². The molecular weight excluding hydrogens is 518 g/mol. The summed E-state index contributed by atoms with van der Waals surface area (Å²) in [6, 6.07) is -1.08. The van der Waals surface area contributed by atoms with Crippen LogP contribution in [0.5, 0.6) is 0 Å². The zero-order valence-corrected chi connectivity index (χ0v) is 23.8. The van der Waals surface area contributed by atoms with Crippen molar-refractivity contribution in [2.75, 3.05) is 6.61 Å². The Bertz CT molecular complexity index is 1160. The summed E-state index contributed by atoms with van der Waals surface area (Å²) in [5.41, 5.74) is -2.13. The van der Waals surface area contributed by atoms with Crippen LogP contribution in [-0.2, 0) is 33.5 Å². The lowest BCUT2D eigenvalue weighted by Crippen LogP contribution is -2.61. The Kier molecular flexibility index (Phi) is 8.15. The van der Waals surface area contributed by atoms with Crippen LogP contribution in [0.15, 0.2) is 11.6 Å². The minimum absolute atomic E-state index is 0.00459. The number of aliphatic carboxylic acids is 1. The van der Waals surface area contributed by atoms with Gasteiger partial charge in [-0.3, -0.25) is 24.0 Å². The molecule has 0 unspecified atom stereocenters. The molecule has 0 bridgehead atoms. The van der Waals surface area contributed by atoms with E-state index in [0.29, 0.717) is 19.3 Å². The number of fused-ring (bicyclic) bond motifs is 5. The van der Waals surface area contributed by atoms with Crippen molar-refractivity contribution in [2.45, 2.75) is 97.1 Å². The molecule has 220 valence electrons. The summed E-state index contributed by atoms with van der Waals surface area (Å²) >= 11 is 0. The summed E-state index contributed by atoms with van der Waals surface area (Å²) in [6.07, 6.45) is 4.40. The molecule has 4 aliphatic rings. The van der Waals surface area contributed by atoms with E-state index >= 15 is 0 Å². The van der Waals surface area contributed by atoms with Gasteiger partial charge in [-0.05, 0) is 61.3 Å². The third-order valence-corrected chi connectivity index (χ3v) is 10.4. The van der Waals surface area contributed by atoms with Crippen LogP contribution in [0.3, 0.4) is 0 Å². The average Bonchev–Trinajstić information content (AvgIpc) is 3.15. The fourth-order valence-corrected chi connectivity index (χ4v) is 8.16. The summed E-state index contributed by atoms with van der Waals surface area (Å²) in [6.45, 7) is 6.52. The van der Waals surface area contributed by atoms with Crippen molar-refractivity contribution in [1.82, 2.24) is 5.32 Å². The highest BCUT2D eigenvalue weighted by Crippen LogP contribution is 2.66. The molecule has 3 saturated carbocycles. The van der Waals surface area contributed by atoms with Crippen molar-refractivity contribution in [2.24, 2.45) is 34.5 Å². The van der Waals surface area contributed by atoms with E-state index in [-0.39, 0.29) is 66.3 Å². The fourth-order valence-electron chi connectivity index (χ4n) is 8.16. The lowest BCUT2D eigenvalue weighted by Gasteiger charge is -2.57. The molecule has 4 rings (SSSR count). The first-order valence-corrected chi connectivity index (χ1v) is 14.3. The smallest absolute Gasteiger partial charge is 0.326 e. The van der Waals surface area contributed by atoms with Gasteiger partial charge in [0, 0.05) is 30.6 Å². The van der Waals surface area contributed by atoms with E-state index in [4.69, 9.17) is 4.74 Å². The molecule has 0 aliphatic heterocycles. The van der Waals surface area contributed by atoms with Gasteiger partial charge in [-0.15, -0.1) is 0 Å². The van der Waals surface area contributed by atoms with Crippen molar-refractivity contribution in [3.05, 3.63) is 11.6 Å². The number of amides is 1. The fraction of sp³-hybridized carbons (Fsp3) is 0.733. The minimum atomic E-state index is -1.82. The number of carboxylic acid groups (broad SMARTS) is 1. The molecule has 0 aromatic heterocycles. The van der Waals surface area contributed by atoms with Gasteiger partial charge in [-0.25, -0.2) is 4.79 Å². The second-order valence-electron chi connectivity index (χ2n) is 13.0. The molecule has 7 atom stereocenters. The SMILES string of the molecule is CC(C)[C@@H](NC(=O)CCC(=O)OCC(=O)[C@@]1(O)CC[C@H]2[C@@H]3CCC4=CC(=O)CC[C@]4(C)[C@H]3C(=O)C[C@@]21C)C(=O)O. The molecule has 3 N–H and O–H groups in total. The van der Waals surface area contributed by atoms with Crippen LogP contribution >= 0.6 is 0 Å². The maximum Gasteiger partial charge on any atom is 0.326 e. The highest BCUT2D eigenvalue weighted by molar-refractivity contribution is 5.95. The number of carbonyl (C=O) groups is 6. The molecule has 0 spiro atoms. The van der Waals surface area contributed by atoms with Gasteiger partial charge in [0.05, 0.1) is 6.42 Å². The number of carboxylic acids is 1. The minimum Gasteiger partial charge on any atom is -0.480 e. The van der Waals surface area contributed by atoms with E-state index in [9.17, 15) is 39.0 Å². The maximum atomic E-state index is 13.7. The highest BCUT2D eigenvalue weighted by atomic mass is 16.5. The Morgan fingerprint density at radius 1 is 1.07 bits per heavy atom. The molecule has 4 aliphatic carbocycles. The van der Waals surface area contributed by atoms with Gasteiger partial charge >= 0.3 is 11.9 Å². The number of esters is 1. The molecule has 1 amide bonds. The van der Waals surface area contributed by atoms with Crippen LogP contribution in [0.25, 0.3) is 0 Å². The van der Waals surface area contributed by atoms with Gasteiger partial charge in [-0.2, -0.15) is 0 Å². The second-order valence-corrected chi connectivity index (χ2v) is 13.0. The van der Waals surface area contributed by atoms with E-state index < -0.39 is 47.3 Å². The maximum absolute atomic E-state index is 13.7. The largest absolute Gasteiger partial charge is 0.480 e. The van der Waals surface area contributed by atoms with Crippen LogP contribution in [0.4, 0.5) is 0 Å². The Balaban J connectivity index is 1.38. The zero-order valence-electron chi connectivity index (χ0n) is 23.8. The molecule has 0 heterocycles. The monoisotopic (exact) mass is 559 g/mol. The molecule has 0 radical (unpaired) electrons. The number of nitrogens with one attached hydrogen (secondary N) is 1. The molecule has 3 fully saturated rings. The van der Waals surface area contributed by atoms with Gasteiger partial charge in [-0.1, -0.05) is 33.3 Å². The van der Waals surface area contributed by atoms with Crippen LogP contribution in [-0.4, -0.2) is 63.7 Å². The van der Waals surface area contributed by atoms with E-state index in [0.717, 1.165) is 18.4 Å². The second kappa shape index (κ2) is 10.8. The summed E-state index contributed by atoms with van der Waals surface area (Å²) in [5.74, 6) is -3.76. The van der Waals surface area contributed by atoms with Gasteiger partial charge in [0.2, 0.25) is 11.7 Å². The van der Waals surface area contributed by atoms with E-state index in [1.165, 1.54) is 0 Å². The third kappa shape index (κ3) is 5.03. The van der Waals surface area contributed by atoms with Crippen molar-refractivity contribution < 1.29 is 43.7 Å². The summed E-state index contributed by atoms with van der Waals surface area (Å²) in [5, 5.41) is 23.3. The van der Waals surface area contributed by atoms with Crippen LogP contribution in [0.1, 0.15) is 85.5 Å². The van der Waals surface area contributed by atoms with Crippen molar-refractivity contribution in [1.29, 1.82) is 0 Å². The van der Waals surface area contributed by atoms with E-state index in [1.807, 2.05) is 0 Å². The number of carbonyl (C=O) groups excluding carboxylic acids is 5. The first-order valence-electron chi connectivity index (χ1n) is 14.3. The Labute approximate surface area is 234 Å². The number of ether oxygens (including phenoxy) is 1. The standard InChI is InChI=1S/C30H41NO9/c1-16(2)26(27(37)38)31-23(35)7-8-24(36)40-15-22(34)30(39)12-10-20-19-6-5-17-13-18(32)9-11-28(17,3)25(19)21(33)14-29(20,30)4/h13,16,19-20,25-26,39H,5-12,14-15H2,1-4H3,(H,31,35)(H,37,38)/t19-,20-,25+,26+,28-,29-,30-/m0/s1. The summed E-state index contributed by atoms with van der Waals surface area (Å²) in [4.78, 5) is 74.7. The number of allylic oxidation sites excluding steroid dienone is 1. The lowest BCUT2D eigenvalue weighted by molar-refractivity contribution is -0.173. The zero-order chi connectivity index (χ0) is 29.6. The number of hydrogen-bond donors (Lipinski definition) is 3. The van der Waals surface area contributed by atoms with Crippen molar-refractivity contribution in [3.8, 4) is 0 Å². The summed E-state index contributed by atoms with van der Waals surface area (Å²) in [7, 11) is 0. The lowest BCUT2D eigenvalue weighted by atomic mass is 9.46.